The summed E-state index contributed by atoms with van der Waals surface area (Å²) >= 11 is 0. The van der Waals surface area contributed by atoms with E-state index in [9.17, 15) is 4.79 Å². The average Bonchev–Trinajstić information content (AvgIpc) is 2.70. The van der Waals surface area contributed by atoms with Crippen LogP contribution in [-0.2, 0) is 9.53 Å². The van der Waals surface area contributed by atoms with Crippen molar-refractivity contribution in [1.29, 1.82) is 0 Å². The largest absolute Gasteiger partial charge is 0.469 e. The molecule has 100 valence electrons. The Kier molecular flexibility index (Phi) is 5.70. The van der Waals surface area contributed by atoms with E-state index in [1.807, 2.05) is 0 Å². The Balaban J connectivity index is 0.00000144. The lowest BCUT2D eigenvalue weighted by atomic mass is 9.78. The van der Waals surface area contributed by atoms with Crippen molar-refractivity contribution < 1.29 is 9.53 Å². The Labute approximate surface area is 109 Å². The molecule has 5 heteroatoms. The number of carbonyl (C=O) groups is 1. The quantitative estimate of drug-likeness (QED) is 0.772. The number of likely N-dealkylation sites (tertiary alicyclic amines) is 1. The maximum Gasteiger partial charge on any atom is 0.306 e. The van der Waals surface area contributed by atoms with Gasteiger partial charge in [-0.3, -0.25) is 4.79 Å². The SMILES string of the molecule is COC(=O)CCN1CC2CCCC(N)C2C1.Cl. The first kappa shape index (κ1) is 14.7. The second-order valence-electron chi connectivity index (χ2n) is 5.10. The van der Waals surface area contributed by atoms with E-state index in [1.165, 1.54) is 26.4 Å². The summed E-state index contributed by atoms with van der Waals surface area (Å²) in [5, 5.41) is 0. The Hall–Kier alpha value is -0.320. The lowest BCUT2D eigenvalue weighted by Crippen LogP contribution is -2.38. The van der Waals surface area contributed by atoms with E-state index < -0.39 is 0 Å². The van der Waals surface area contributed by atoms with Crippen LogP contribution in [0.4, 0.5) is 0 Å². The Morgan fingerprint density at radius 1 is 1.41 bits per heavy atom. The molecule has 3 unspecified atom stereocenters. The molecule has 1 saturated heterocycles. The van der Waals surface area contributed by atoms with E-state index in [-0.39, 0.29) is 18.4 Å². The van der Waals surface area contributed by atoms with Crippen LogP contribution in [0.15, 0.2) is 0 Å². The molecule has 3 atom stereocenters. The van der Waals surface area contributed by atoms with E-state index >= 15 is 0 Å². The minimum Gasteiger partial charge on any atom is -0.469 e. The molecule has 0 bridgehead atoms. The number of nitrogens with two attached hydrogens (primary N) is 1. The zero-order chi connectivity index (χ0) is 11.5. The lowest BCUT2D eigenvalue weighted by Gasteiger charge is -2.29. The van der Waals surface area contributed by atoms with E-state index in [2.05, 4.69) is 9.64 Å². The van der Waals surface area contributed by atoms with Gasteiger partial charge in [0.05, 0.1) is 13.5 Å². The third kappa shape index (κ3) is 3.57. The zero-order valence-corrected chi connectivity index (χ0v) is 11.2. The number of fused-ring (bicyclic) bond motifs is 1. The molecule has 2 N–H and O–H groups in total. The molecule has 0 amide bonds. The van der Waals surface area contributed by atoms with E-state index in [0.717, 1.165) is 25.6 Å². The molecule has 17 heavy (non-hydrogen) atoms. The van der Waals surface area contributed by atoms with Gasteiger partial charge < -0.3 is 15.4 Å². The molecule has 4 nitrogen and oxygen atoms in total. The van der Waals surface area contributed by atoms with Crippen LogP contribution in [0.25, 0.3) is 0 Å². The van der Waals surface area contributed by atoms with Crippen molar-refractivity contribution in [3.8, 4) is 0 Å². The third-order valence-electron chi connectivity index (χ3n) is 4.09. The highest BCUT2D eigenvalue weighted by Crippen LogP contribution is 2.35. The van der Waals surface area contributed by atoms with Crippen molar-refractivity contribution >= 4 is 18.4 Å². The van der Waals surface area contributed by atoms with Crippen LogP contribution in [0, 0.1) is 11.8 Å². The van der Waals surface area contributed by atoms with Gasteiger partial charge in [0, 0.05) is 25.7 Å². The van der Waals surface area contributed by atoms with Crippen LogP contribution in [0.5, 0.6) is 0 Å². The average molecular weight is 263 g/mol. The molecular formula is C12H23ClN2O2. The van der Waals surface area contributed by atoms with E-state index in [0.29, 0.717) is 18.4 Å². The summed E-state index contributed by atoms with van der Waals surface area (Å²) < 4.78 is 4.66. The van der Waals surface area contributed by atoms with Crippen LogP contribution < -0.4 is 5.73 Å². The summed E-state index contributed by atoms with van der Waals surface area (Å²) in [7, 11) is 1.45. The number of hydrogen-bond acceptors (Lipinski definition) is 4. The summed E-state index contributed by atoms with van der Waals surface area (Å²) in [6.07, 6.45) is 4.26. The zero-order valence-electron chi connectivity index (χ0n) is 10.4. The molecule has 0 radical (unpaired) electrons. The van der Waals surface area contributed by atoms with Crippen molar-refractivity contribution in [1.82, 2.24) is 4.90 Å². The second kappa shape index (κ2) is 6.57. The predicted octanol–water partition coefficient (Wildman–Crippen LogP) is 1.03. The standard InChI is InChI=1S/C12H22N2O2.ClH/c1-16-12(15)5-6-14-7-9-3-2-4-11(13)10(9)8-14;/h9-11H,2-8,13H2,1H3;1H. The molecule has 1 saturated carbocycles. The summed E-state index contributed by atoms with van der Waals surface area (Å²) in [6, 6.07) is 0.377. The van der Waals surface area contributed by atoms with Gasteiger partial charge in [0.25, 0.3) is 0 Å². The molecule has 0 spiro atoms. The van der Waals surface area contributed by atoms with Crippen LogP contribution in [0.3, 0.4) is 0 Å². The van der Waals surface area contributed by atoms with Crippen LogP contribution in [-0.4, -0.2) is 43.7 Å². The molecular weight excluding hydrogens is 240 g/mol. The number of hydrogen-bond donors (Lipinski definition) is 1. The third-order valence-corrected chi connectivity index (χ3v) is 4.09. The molecule has 1 aliphatic carbocycles. The van der Waals surface area contributed by atoms with E-state index in [1.54, 1.807) is 0 Å². The maximum absolute atomic E-state index is 11.1. The Morgan fingerprint density at radius 3 is 2.82 bits per heavy atom. The summed E-state index contributed by atoms with van der Waals surface area (Å²) in [4.78, 5) is 13.4. The number of nitrogens with zero attached hydrogens (tertiary/aromatic N) is 1. The first-order valence-corrected chi connectivity index (χ1v) is 6.25. The summed E-state index contributed by atoms with van der Waals surface area (Å²) in [5.41, 5.74) is 6.15. The maximum atomic E-state index is 11.1. The molecule has 1 heterocycles. The highest BCUT2D eigenvalue weighted by atomic mass is 35.5. The summed E-state index contributed by atoms with van der Waals surface area (Å²) in [6.45, 7) is 3.02. The minimum atomic E-state index is -0.112. The number of carbonyl (C=O) groups excluding carboxylic acids is 1. The molecule has 1 aliphatic heterocycles. The molecule has 0 aromatic rings. The lowest BCUT2D eigenvalue weighted by molar-refractivity contribution is -0.140. The smallest absolute Gasteiger partial charge is 0.306 e. The number of ether oxygens (including phenoxy) is 1. The number of halogens is 1. The van der Waals surface area contributed by atoms with Gasteiger partial charge >= 0.3 is 5.97 Å². The Morgan fingerprint density at radius 2 is 2.18 bits per heavy atom. The van der Waals surface area contributed by atoms with Crippen molar-refractivity contribution in [3.05, 3.63) is 0 Å². The molecule has 0 aromatic carbocycles. The second-order valence-corrected chi connectivity index (χ2v) is 5.10. The minimum absolute atomic E-state index is 0. The monoisotopic (exact) mass is 262 g/mol. The molecule has 2 fully saturated rings. The highest BCUT2D eigenvalue weighted by Gasteiger charge is 2.38. The van der Waals surface area contributed by atoms with Crippen LogP contribution >= 0.6 is 12.4 Å². The molecule has 0 aromatic heterocycles. The van der Waals surface area contributed by atoms with Gasteiger partial charge in [0.2, 0.25) is 0 Å². The van der Waals surface area contributed by atoms with Crippen molar-refractivity contribution in [3.63, 3.8) is 0 Å². The first-order valence-electron chi connectivity index (χ1n) is 6.25. The fraction of sp³-hybridized carbons (Fsp3) is 0.917. The van der Waals surface area contributed by atoms with Gasteiger partial charge in [-0.15, -0.1) is 12.4 Å². The first-order chi connectivity index (χ1) is 7.70. The van der Waals surface area contributed by atoms with Gasteiger partial charge in [-0.05, 0) is 24.7 Å². The fourth-order valence-corrected chi connectivity index (χ4v) is 3.14. The van der Waals surface area contributed by atoms with Crippen LogP contribution in [0.2, 0.25) is 0 Å². The van der Waals surface area contributed by atoms with Crippen LogP contribution in [0.1, 0.15) is 25.7 Å². The summed E-state index contributed by atoms with van der Waals surface area (Å²) in [5.74, 6) is 1.31. The number of esters is 1. The predicted molar refractivity (Wildman–Crippen MR) is 69.1 cm³/mol. The topological polar surface area (TPSA) is 55.6 Å². The van der Waals surface area contributed by atoms with Gasteiger partial charge in [-0.1, -0.05) is 6.42 Å². The number of methoxy groups -OCH3 is 1. The highest BCUT2D eigenvalue weighted by molar-refractivity contribution is 5.85. The normalized spacial score (nSPS) is 32.7. The van der Waals surface area contributed by atoms with Gasteiger partial charge in [0.1, 0.15) is 0 Å². The number of rotatable bonds is 3. The molecule has 2 aliphatic rings. The van der Waals surface area contributed by atoms with Crippen molar-refractivity contribution in [2.75, 3.05) is 26.7 Å². The fourth-order valence-electron chi connectivity index (χ4n) is 3.14. The van der Waals surface area contributed by atoms with Crippen molar-refractivity contribution in [2.45, 2.75) is 31.7 Å². The van der Waals surface area contributed by atoms with Gasteiger partial charge in [0.15, 0.2) is 0 Å². The van der Waals surface area contributed by atoms with Crippen molar-refractivity contribution in [2.24, 2.45) is 17.6 Å². The molecule has 2 rings (SSSR count). The van der Waals surface area contributed by atoms with Gasteiger partial charge in [-0.25, -0.2) is 0 Å². The van der Waals surface area contributed by atoms with E-state index in [4.69, 9.17) is 5.73 Å². The van der Waals surface area contributed by atoms with Gasteiger partial charge in [-0.2, -0.15) is 0 Å². The Bertz CT molecular complexity index is 263.